The molecule has 0 bridgehead atoms. The number of carbonyl (C=O) groups excluding carboxylic acids is 1. The van der Waals surface area contributed by atoms with Crippen LogP contribution in [0, 0.1) is 19.7 Å². The van der Waals surface area contributed by atoms with E-state index in [4.69, 9.17) is 27.9 Å². The van der Waals surface area contributed by atoms with Gasteiger partial charge in [0.25, 0.3) is 5.91 Å². The minimum atomic E-state index is -0.447. The highest BCUT2D eigenvalue weighted by molar-refractivity contribution is 6.33. The minimum Gasteiger partial charge on any atom is -0.487 e. The highest BCUT2D eigenvalue weighted by Crippen LogP contribution is 2.48. The predicted octanol–water partition coefficient (Wildman–Crippen LogP) is 6.90. The van der Waals surface area contributed by atoms with E-state index in [0.717, 1.165) is 54.7 Å². The summed E-state index contributed by atoms with van der Waals surface area (Å²) >= 11 is 13.1. The van der Waals surface area contributed by atoms with Crippen molar-refractivity contribution < 1.29 is 13.9 Å². The van der Waals surface area contributed by atoms with Crippen LogP contribution in [0.25, 0.3) is 5.69 Å². The second-order valence-electron chi connectivity index (χ2n) is 13.4. The van der Waals surface area contributed by atoms with Gasteiger partial charge in [-0.05, 0) is 89.3 Å². The fourth-order valence-electron chi connectivity index (χ4n) is 7.30. The summed E-state index contributed by atoms with van der Waals surface area (Å²) in [5, 5.41) is 14.7. The molecule has 2 aromatic heterocycles. The summed E-state index contributed by atoms with van der Waals surface area (Å²) in [6.45, 7) is 10.4. The van der Waals surface area contributed by atoms with E-state index >= 15 is 0 Å². The maximum absolute atomic E-state index is 14.4. The van der Waals surface area contributed by atoms with Crippen molar-refractivity contribution in [1.29, 1.82) is 0 Å². The molecule has 2 aliphatic heterocycles. The zero-order valence-corrected chi connectivity index (χ0v) is 28.1. The molecule has 1 amide bonds. The molecule has 12 heteroatoms. The van der Waals surface area contributed by atoms with Gasteiger partial charge in [-0.2, -0.15) is 5.10 Å². The number of hydrogen-bond donors (Lipinski definition) is 0. The Morgan fingerprint density at radius 3 is 2.50 bits per heavy atom. The monoisotopic (exact) mass is 665 g/mol. The highest BCUT2D eigenvalue weighted by Gasteiger charge is 2.45. The van der Waals surface area contributed by atoms with Crippen molar-refractivity contribution in [2.45, 2.75) is 77.0 Å². The SMILES string of the molecule is Cc1ccc(-n2nc(C)c(C(=O)N3CCN(C(C)(C)c4cn([C@H]5CC6(CCCC6)Oc6ccc(F)cc65)nn4)CC3)c2Cl)cc1Cl. The zero-order chi connectivity index (χ0) is 32.4. The van der Waals surface area contributed by atoms with Crippen molar-refractivity contribution in [1.82, 2.24) is 34.6 Å². The molecule has 4 heterocycles. The van der Waals surface area contributed by atoms with Crippen LogP contribution in [0.4, 0.5) is 4.39 Å². The van der Waals surface area contributed by atoms with E-state index in [1.54, 1.807) is 29.8 Å². The van der Waals surface area contributed by atoms with Gasteiger partial charge in [0.15, 0.2) is 0 Å². The summed E-state index contributed by atoms with van der Waals surface area (Å²) in [6.07, 6.45) is 6.97. The molecule has 1 spiro atoms. The highest BCUT2D eigenvalue weighted by atomic mass is 35.5. The van der Waals surface area contributed by atoms with E-state index in [1.165, 1.54) is 6.07 Å². The van der Waals surface area contributed by atoms with Crippen LogP contribution in [0.5, 0.6) is 5.75 Å². The maximum atomic E-state index is 14.4. The molecule has 0 N–H and O–H groups in total. The number of benzene rings is 2. The molecule has 1 saturated carbocycles. The number of ether oxygens (including phenoxy) is 1. The Bertz CT molecular complexity index is 1800. The molecule has 2 fully saturated rings. The van der Waals surface area contributed by atoms with Crippen molar-refractivity contribution in [2.24, 2.45) is 0 Å². The van der Waals surface area contributed by atoms with Gasteiger partial charge in [0.05, 0.1) is 34.7 Å². The molecule has 4 aromatic rings. The fraction of sp³-hybridized carbons (Fsp3) is 0.471. The lowest BCUT2D eigenvalue weighted by molar-refractivity contribution is 0.0347. The lowest BCUT2D eigenvalue weighted by Crippen LogP contribution is -2.54. The van der Waals surface area contributed by atoms with E-state index in [9.17, 15) is 9.18 Å². The number of halogens is 3. The van der Waals surface area contributed by atoms with Crippen LogP contribution in [0.15, 0.2) is 42.6 Å². The normalized spacial score (nSPS) is 19.8. The molecule has 1 aliphatic carbocycles. The number of aryl methyl sites for hydroxylation is 2. The van der Waals surface area contributed by atoms with Crippen LogP contribution in [0.2, 0.25) is 10.2 Å². The summed E-state index contributed by atoms with van der Waals surface area (Å²) in [5.74, 6) is 0.313. The molecule has 3 aliphatic rings. The molecule has 0 radical (unpaired) electrons. The lowest BCUT2D eigenvalue weighted by Gasteiger charge is -2.43. The van der Waals surface area contributed by atoms with E-state index in [0.29, 0.717) is 48.1 Å². The van der Waals surface area contributed by atoms with E-state index in [1.807, 2.05) is 34.8 Å². The van der Waals surface area contributed by atoms with Crippen LogP contribution in [0.3, 0.4) is 0 Å². The molecular formula is C34H38Cl2FN7O2. The molecule has 1 atom stereocenters. The summed E-state index contributed by atoms with van der Waals surface area (Å²) in [6, 6.07) is 10.2. The Balaban J connectivity index is 1.07. The summed E-state index contributed by atoms with van der Waals surface area (Å²) in [5.41, 5.74) is 3.57. The first-order valence-corrected chi connectivity index (χ1v) is 16.7. The smallest absolute Gasteiger partial charge is 0.258 e. The Morgan fingerprint density at radius 2 is 1.78 bits per heavy atom. The number of fused-ring (bicyclic) bond motifs is 1. The van der Waals surface area contributed by atoms with Crippen molar-refractivity contribution in [2.75, 3.05) is 26.2 Å². The van der Waals surface area contributed by atoms with Crippen molar-refractivity contribution in [3.8, 4) is 11.4 Å². The molecule has 9 nitrogen and oxygen atoms in total. The second-order valence-corrected chi connectivity index (χ2v) is 14.2. The summed E-state index contributed by atoms with van der Waals surface area (Å²) in [4.78, 5) is 17.9. The first kappa shape index (κ1) is 31.1. The Morgan fingerprint density at radius 1 is 1.04 bits per heavy atom. The Labute approximate surface area is 278 Å². The molecule has 2 aromatic carbocycles. The third-order valence-electron chi connectivity index (χ3n) is 10.2. The van der Waals surface area contributed by atoms with E-state index < -0.39 is 5.54 Å². The summed E-state index contributed by atoms with van der Waals surface area (Å²) in [7, 11) is 0. The largest absolute Gasteiger partial charge is 0.487 e. The quantitative estimate of drug-likeness (QED) is 0.231. The van der Waals surface area contributed by atoms with Crippen molar-refractivity contribution >= 4 is 29.1 Å². The van der Waals surface area contributed by atoms with Gasteiger partial charge in [0.2, 0.25) is 0 Å². The number of carbonyl (C=O) groups is 1. The van der Waals surface area contributed by atoms with Gasteiger partial charge in [-0.25, -0.2) is 13.8 Å². The van der Waals surface area contributed by atoms with Crippen LogP contribution >= 0.6 is 23.2 Å². The van der Waals surface area contributed by atoms with Crippen LogP contribution in [-0.2, 0) is 5.54 Å². The van der Waals surface area contributed by atoms with Gasteiger partial charge < -0.3 is 9.64 Å². The maximum Gasteiger partial charge on any atom is 0.258 e. The lowest BCUT2D eigenvalue weighted by atomic mass is 9.86. The van der Waals surface area contributed by atoms with Crippen LogP contribution in [0.1, 0.15) is 84.9 Å². The molecule has 1 saturated heterocycles. The topological polar surface area (TPSA) is 81.3 Å². The average molecular weight is 667 g/mol. The first-order valence-electron chi connectivity index (χ1n) is 15.9. The van der Waals surface area contributed by atoms with E-state index in [-0.39, 0.29) is 28.5 Å². The Hall–Kier alpha value is -3.47. The fourth-order valence-corrected chi connectivity index (χ4v) is 7.82. The first-order chi connectivity index (χ1) is 22.0. The van der Waals surface area contributed by atoms with Crippen LogP contribution < -0.4 is 4.74 Å². The third-order valence-corrected chi connectivity index (χ3v) is 10.9. The Kier molecular flexibility index (Phi) is 7.89. The standard InChI is InChI=1S/C34H38Cl2FN7O2/c1-21-7-9-24(18-26(21)35)44-31(36)30(22(2)39-44)32(45)41-13-15-42(16-14-41)33(3,4)29-20-43(40-38-29)27-19-34(11-5-6-12-34)46-28-10-8-23(37)17-25(27)28/h7-10,17-18,20,27H,5-6,11-16,19H2,1-4H3/t27-/m0/s1. The van der Waals surface area contributed by atoms with Crippen molar-refractivity contribution in [3.63, 3.8) is 0 Å². The van der Waals surface area contributed by atoms with Gasteiger partial charge in [-0.3, -0.25) is 9.69 Å². The van der Waals surface area contributed by atoms with Gasteiger partial charge in [-0.1, -0.05) is 34.5 Å². The van der Waals surface area contributed by atoms with Gasteiger partial charge >= 0.3 is 0 Å². The second kappa shape index (κ2) is 11.6. The number of nitrogens with zero attached hydrogens (tertiary/aromatic N) is 7. The van der Waals surface area contributed by atoms with Gasteiger partial charge in [0.1, 0.15) is 28.0 Å². The number of rotatable bonds is 5. The molecule has 242 valence electrons. The van der Waals surface area contributed by atoms with Gasteiger partial charge in [-0.15, -0.1) is 5.10 Å². The number of hydrogen-bond acceptors (Lipinski definition) is 6. The molecule has 7 rings (SSSR count). The van der Waals surface area contributed by atoms with Gasteiger partial charge in [0, 0.05) is 43.2 Å². The van der Waals surface area contributed by atoms with E-state index in [2.05, 4.69) is 34.2 Å². The molecule has 0 unspecified atom stereocenters. The number of aromatic nitrogens is 5. The number of amides is 1. The van der Waals surface area contributed by atoms with Crippen molar-refractivity contribution in [3.05, 3.63) is 86.7 Å². The predicted molar refractivity (Wildman–Crippen MR) is 175 cm³/mol. The van der Waals surface area contributed by atoms with Crippen LogP contribution in [-0.4, -0.2) is 72.3 Å². The number of piperazine rings is 1. The minimum absolute atomic E-state index is 0.137. The average Bonchev–Trinajstić information content (AvgIpc) is 3.78. The summed E-state index contributed by atoms with van der Waals surface area (Å²) < 4.78 is 24.3. The molecular weight excluding hydrogens is 628 g/mol. The zero-order valence-electron chi connectivity index (χ0n) is 26.6. The third kappa shape index (κ3) is 5.38. The molecule has 46 heavy (non-hydrogen) atoms.